The largest absolute Gasteiger partial charge is 0.490 e. The Hall–Kier alpha value is -3.95. The van der Waals surface area contributed by atoms with Gasteiger partial charge in [0.1, 0.15) is 13.2 Å². The minimum absolute atomic E-state index is 0.234. The molecule has 2 fully saturated rings. The number of hydrogen-bond donors (Lipinski definition) is 0. The first-order valence-corrected chi connectivity index (χ1v) is 14.6. The fourth-order valence-corrected chi connectivity index (χ4v) is 5.58. The van der Waals surface area contributed by atoms with Crippen LogP contribution in [0.4, 0.5) is 10.5 Å². The van der Waals surface area contributed by atoms with Gasteiger partial charge in [-0.25, -0.2) is 0 Å². The number of hydrogen-bond acceptors (Lipinski definition) is 7. The molecule has 0 aliphatic carbocycles. The molecule has 0 radical (unpaired) electrons. The van der Waals surface area contributed by atoms with E-state index in [2.05, 4.69) is 4.90 Å². The van der Waals surface area contributed by atoms with Crippen LogP contribution >= 0.6 is 23.4 Å². The SMILES string of the molecule is CCOc1cc(/C=C2/SC(=O)N(CC(=O)N3CCN(c4ccccc4)CC3)C2=O)ccc1OCc1ccc(Cl)cc1. The Morgan fingerprint density at radius 3 is 2.37 bits per heavy atom. The van der Waals surface area contributed by atoms with Gasteiger partial charge >= 0.3 is 0 Å². The first-order chi connectivity index (χ1) is 19.9. The maximum absolute atomic E-state index is 13.1. The molecule has 0 saturated carbocycles. The van der Waals surface area contributed by atoms with Gasteiger partial charge in [-0.05, 0) is 72.3 Å². The van der Waals surface area contributed by atoms with Crippen LogP contribution in [0.25, 0.3) is 6.08 Å². The summed E-state index contributed by atoms with van der Waals surface area (Å²) in [5.41, 5.74) is 2.76. The Bertz CT molecular complexity index is 1440. The van der Waals surface area contributed by atoms with E-state index >= 15 is 0 Å². The van der Waals surface area contributed by atoms with Crippen LogP contribution in [0.5, 0.6) is 11.5 Å². The van der Waals surface area contributed by atoms with Crippen LogP contribution in [0.3, 0.4) is 0 Å². The molecule has 8 nitrogen and oxygen atoms in total. The first-order valence-electron chi connectivity index (χ1n) is 13.4. The number of thioether (sulfide) groups is 1. The molecule has 41 heavy (non-hydrogen) atoms. The van der Waals surface area contributed by atoms with Gasteiger partial charge in [-0.3, -0.25) is 19.3 Å². The topological polar surface area (TPSA) is 79.4 Å². The average molecular weight is 592 g/mol. The van der Waals surface area contributed by atoms with E-state index in [1.807, 2.05) is 49.4 Å². The lowest BCUT2D eigenvalue weighted by atomic mass is 10.1. The summed E-state index contributed by atoms with van der Waals surface area (Å²) < 4.78 is 11.7. The second kappa shape index (κ2) is 13.1. The van der Waals surface area contributed by atoms with E-state index in [1.165, 1.54) is 0 Å². The number of para-hydroxylation sites is 1. The summed E-state index contributed by atoms with van der Waals surface area (Å²) in [6.45, 7) is 4.83. The molecule has 5 rings (SSSR count). The zero-order valence-corrected chi connectivity index (χ0v) is 24.2. The van der Waals surface area contributed by atoms with E-state index in [9.17, 15) is 14.4 Å². The molecule has 0 aromatic heterocycles. The monoisotopic (exact) mass is 591 g/mol. The van der Waals surface area contributed by atoms with E-state index < -0.39 is 11.1 Å². The molecule has 2 heterocycles. The van der Waals surface area contributed by atoms with Crippen LogP contribution in [0.1, 0.15) is 18.1 Å². The summed E-state index contributed by atoms with van der Waals surface area (Å²) in [5.74, 6) is 0.378. The van der Waals surface area contributed by atoms with Crippen molar-refractivity contribution in [2.24, 2.45) is 0 Å². The molecule has 2 saturated heterocycles. The van der Waals surface area contributed by atoms with Crippen molar-refractivity contribution in [2.75, 3.05) is 44.2 Å². The Balaban J connectivity index is 1.21. The van der Waals surface area contributed by atoms with Gasteiger partial charge in [0.25, 0.3) is 11.1 Å². The van der Waals surface area contributed by atoms with Crippen LogP contribution in [0.15, 0.2) is 77.7 Å². The van der Waals surface area contributed by atoms with E-state index in [-0.39, 0.29) is 17.4 Å². The maximum atomic E-state index is 13.1. The van der Waals surface area contributed by atoms with Crippen molar-refractivity contribution in [1.29, 1.82) is 0 Å². The fraction of sp³-hybridized carbons (Fsp3) is 0.258. The zero-order chi connectivity index (χ0) is 28.8. The van der Waals surface area contributed by atoms with E-state index in [0.29, 0.717) is 61.5 Å². The predicted octanol–water partition coefficient (Wildman–Crippen LogP) is 5.70. The second-order valence-corrected chi connectivity index (χ2v) is 11.0. The fourth-order valence-electron chi connectivity index (χ4n) is 4.62. The summed E-state index contributed by atoms with van der Waals surface area (Å²) in [5, 5.41) is 0.203. The maximum Gasteiger partial charge on any atom is 0.294 e. The number of piperazine rings is 1. The van der Waals surface area contributed by atoms with Gasteiger partial charge in [-0.2, -0.15) is 0 Å². The molecule has 212 valence electrons. The van der Waals surface area contributed by atoms with E-state index in [0.717, 1.165) is 27.9 Å². The second-order valence-electron chi connectivity index (χ2n) is 9.53. The standard InChI is InChI=1S/C31H30ClN3O5S/c1-2-39-27-18-23(10-13-26(27)40-21-22-8-11-24(32)12-9-22)19-28-30(37)35(31(38)41-28)20-29(36)34-16-14-33(15-17-34)25-6-4-3-5-7-25/h3-13,18-19H,2,14-17,20-21H2,1H3/b28-19+. The number of nitrogens with zero attached hydrogens (tertiary/aromatic N) is 3. The molecule has 3 amide bonds. The van der Waals surface area contributed by atoms with E-state index in [1.54, 1.807) is 41.3 Å². The Kier molecular flexibility index (Phi) is 9.16. The number of halogens is 1. The summed E-state index contributed by atoms with van der Waals surface area (Å²) in [6, 6.07) is 22.8. The van der Waals surface area contributed by atoms with Crippen molar-refractivity contribution in [3.05, 3.63) is 93.9 Å². The van der Waals surface area contributed by atoms with Crippen molar-refractivity contribution >= 4 is 52.2 Å². The molecule has 3 aromatic carbocycles. The van der Waals surface area contributed by atoms with Crippen LogP contribution in [0, 0.1) is 0 Å². The van der Waals surface area contributed by atoms with Gasteiger partial charge in [-0.15, -0.1) is 0 Å². The highest BCUT2D eigenvalue weighted by Gasteiger charge is 2.37. The number of ether oxygens (including phenoxy) is 2. The molecule has 0 unspecified atom stereocenters. The lowest BCUT2D eigenvalue weighted by Crippen LogP contribution is -2.51. The molecule has 0 bridgehead atoms. The van der Waals surface area contributed by atoms with Gasteiger partial charge in [0, 0.05) is 36.9 Å². The first kappa shape index (κ1) is 28.6. The molecule has 0 spiro atoms. The van der Waals surface area contributed by atoms with Crippen molar-refractivity contribution in [2.45, 2.75) is 13.5 Å². The molecule has 0 atom stereocenters. The van der Waals surface area contributed by atoms with Gasteiger partial charge < -0.3 is 19.3 Å². The third-order valence-corrected chi connectivity index (χ3v) is 7.95. The number of rotatable bonds is 9. The average Bonchev–Trinajstić information content (AvgIpc) is 3.25. The molecule has 0 N–H and O–H groups in total. The van der Waals surface area contributed by atoms with Crippen molar-refractivity contribution < 1.29 is 23.9 Å². The lowest BCUT2D eigenvalue weighted by Gasteiger charge is -2.36. The quantitative estimate of drug-likeness (QED) is 0.295. The highest BCUT2D eigenvalue weighted by atomic mass is 35.5. The number of carbonyl (C=O) groups excluding carboxylic acids is 3. The predicted molar refractivity (Wildman–Crippen MR) is 161 cm³/mol. The van der Waals surface area contributed by atoms with Crippen LogP contribution in [0.2, 0.25) is 5.02 Å². The van der Waals surface area contributed by atoms with Crippen LogP contribution in [-0.2, 0) is 16.2 Å². The van der Waals surface area contributed by atoms with E-state index in [4.69, 9.17) is 21.1 Å². The molecule has 2 aliphatic heterocycles. The third kappa shape index (κ3) is 7.04. The van der Waals surface area contributed by atoms with Crippen LogP contribution < -0.4 is 14.4 Å². The van der Waals surface area contributed by atoms with Gasteiger partial charge in [-0.1, -0.05) is 48.0 Å². The summed E-state index contributed by atoms with van der Waals surface area (Å²) >= 11 is 6.79. The van der Waals surface area contributed by atoms with Crippen LogP contribution in [-0.4, -0.2) is 66.2 Å². The van der Waals surface area contributed by atoms with Crippen molar-refractivity contribution in [3.63, 3.8) is 0 Å². The highest BCUT2D eigenvalue weighted by Crippen LogP contribution is 2.35. The molecule has 2 aliphatic rings. The number of imide groups is 1. The highest BCUT2D eigenvalue weighted by molar-refractivity contribution is 8.18. The van der Waals surface area contributed by atoms with Crippen molar-refractivity contribution in [1.82, 2.24) is 9.80 Å². The Morgan fingerprint density at radius 2 is 1.66 bits per heavy atom. The minimum Gasteiger partial charge on any atom is -0.490 e. The van der Waals surface area contributed by atoms with Crippen molar-refractivity contribution in [3.8, 4) is 11.5 Å². The minimum atomic E-state index is -0.475. The lowest BCUT2D eigenvalue weighted by molar-refractivity contribution is -0.136. The molecular weight excluding hydrogens is 562 g/mol. The number of benzene rings is 3. The normalized spacial score (nSPS) is 16.4. The molecule has 3 aromatic rings. The summed E-state index contributed by atoms with van der Waals surface area (Å²) in [6.07, 6.45) is 1.64. The number of carbonyl (C=O) groups is 3. The number of anilines is 1. The number of amides is 3. The zero-order valence-electron chi connectivity index (χ0n) is 22.6. The third-order valence-electron chi connectivity index (χ3n) is 6.79. The van der Waals surface area contributed by atoms with Gasteiger partial charge in [0.05, 0.1) is 11.5 Å². The summed E-state index contributed by atoms with van der Waals surface area (Å²) in [4.78, 5) is 44.0. The Morgan fingerprint density at radius 1 is 0.927 bits per heavy atom. The summed E-state index contributed by atoms with van der Waals surface area (Å²) in [7, 11) is 0. The molecular formula is C31H30ClN3O5S. The van der Waals surface area contributed by atoms with Gasteiger partial charge in [0.15, 0.2) is 11.5 Å². The molecule has 10 heteroatoms. The smallest absolute Gasteiger partial charge is 0.294 e. The van der Waals surface area contributed by atoms with Gasteiger partial charge in [0.2, 0.25) is 5.91 Å². The Labute approximate surface area is 248 Å².